The van der Waals surface area contributed by atoms with E-state index in [-0.39, 0.29) is 11.8 Å². The van der Waals surface area contributed by atoms with Gasteiger partial charge in [-0.25, -0.2) is 4.98 Å². The molecule has 0 radical (unpaired) electrons. The van der Waals surface area contributed by atoms with Gasteiger partial charge >= 0.3 is 0 Å². The van der Waals surface area contributed by atoms with Crippen LogP contribution in [-0.2, 0) is 20.9 Å². The molecule has 1 aromatic rings. The van der Waals surface area contributed by atoms with Gasteiger partial charge in [-0.15, -0.1) is 11.3 Å². The van der Waals surface area contributed by atoms with Crippen LogP contribution in [0, 0.1) is 11.3 Å². The summed E-state index contributed by atoms with van der Waals surface area (Å²) in [6.07, 6.45) is 7.73. The highest BCUT2D eigenvalue weighted by atomic mass is 32.1. The second-order valence-corrected chi connectivity index (χ2v) is 10.3. The molecule has 0 aromatic carbocycles. The van der Waals surface area contributed by atoms with Crippen molar-refractivity contribution in [2.45, 2.75) is 71.4 Å². The Morgan fingerprint density at radius 1 is 1.19 bits per heavy atom. The van der Waals surface area contributed by atoms with E-state index >= 15 is 0 Å². The van der Waals surface area contributed by atoms with Crippen molar-refractivity contribution < 1.29 is 14.3 Å². The quantitative estimate of drug-likeness (QED) is 0.737. The van der Waals surface area contributed by atoms with E-state index in [1.165, 1.54) is 0 Å². The van der Waals surface area contributed by atoms with E-state index in [4.69, 9.17) is 4.74 Å². The lowest BCUT2D eigenvalue weighted by Gasteiger charge is -2.41. The van der Waals surface area contributed by atoms with Gasteiger partial charge in [0.05, 0.1) is 12.0 Å². The molecule has 7 nitrogen and oxygen atoms in total. The minimum absolute atomic E-state index is 0.0557. The number of piperidine rings is 1. The van der Waals surface area contributed by atoms with E-state index in [0.717, 1.165) is 69.8 Å². The van der Waals surface area contributed by atoms with E-state index in [9.17, 15) is 9.59 Å². The fourth-order valence-electron chi connectivity index (χ4n) is 4.54. The summed E-state index contributed by atoms with van der Waals surface area (Å²) in [6.45, 7) is 8.75. The summed E-state index contributed by atoms with van der Waals surface area (Å²) in [6, 6.07) is -0.471. The average Bonchev–Trinajstić information content (AvgIpc) is 3.25. The first-order valence-corrected chi connectivity index (χ1v) is 12.6. The van der Waals surface area contributed by atoms with E-state index < -0.39 is 11.5 Å². The molecule has 2 aliphatic rings. The van der Waals surface area contributed by atoms with Crippen molar-refractivity contribution in [1.29, 1.82) is 0 Å². The summed E-state index contributed by atoms with van der Waals surface area (Å²) in [5.74, 6) is 0.310. The fraction of sp³-hybridized carbons (Fsp3) is 0.783. The minimum atomic E-state index is -0.471. The van der Waals surface area contributed by atoms with Crippen molar-refractivity contribution >= 4 is 23.2 Å². The number of carbonyl (C=O) groups is 2. The number of carbonyl (C=O) groups excluding carboxylic acids is 2. The molecule has 3 rings (SSSR count). The number of rotatable bonds is 4. The first kappa shape index (κ1) is 24.1. The van der Waals surface area contributed by atoms with Crippen molar-refractivity contribution in [2.24, 2.45) is 11.3 Å². The van der Waals surface area contributed by atoms with Crippen LogP contribution in [0.1, 0.15) is 63.8 Å². The molecule has 2 amide bonds. The predicted molar refractivity (Wildman–Crippen MR) is 123 cm³/mol. The van der Waals surface area contributed by atoms with Gasteiger partial charge in [0.2, 0.25) is 11.8 Å². The molecule has 2 saturated heterocycles. The zero-order valence-electron chi connectivity index (χ0n) is 19.0. The monoisotopic (exact) mass is 450 g/mol. The van der Waals surface area contributed by atoms with Gasteiger partial charge in [-0.2, -0.15) is 0 Å². The Bertz CT molecular complexity index is 687. The third-order valence-electron chi connectivity index (χ3n) is 6.42. The Morgan fingerprint density at radius 3 is 2.68 bits per heavy atom. The van der Waals surface area contributed by atoms with Gasteiger partial charge in [0.25, 0.3) is 0 Å². The number of ether oxygens (including phenoxy) is 1. The second kappa shape index (κ2) is 11.9. The number of likely N-dealkylation sites (tertiary alicyclic amines) is 1. The zero-order chi connectivity index (χ0) is 22.1. The summed E-state index contributed by atoms with van der Waals surface area (Å²) in [5.41, 5.74) is -0.404. The smallest absolute Gasteiger partial charge is 0.242 e. The largest absolute Gasteiger partial charge is 0.381 e. The molecule has 0 saturated carbocycles. The summed E-state index contributed by atoms with van der Waals surface area (Å²) in [7, 11) is 0. The third-order valence-corrected chi connectivity index (χ3v) is 7.19. The van der Waals surface area contributed by atoms with E-state index in [1.807, 2.05) is 11.6 Å². The molecular formula is C23H38N4O3S. The molecule has 174 valence electrons. The van der Waals surface area contributed by atoms with Gasteiger partial charge in [0.1, 0.15) is 11.0 Å². The summed E-state index contributed by atoms with van der Waals surface area (Å²) >= 11 is 1.68. The maximum Gasteiger partial charge on any atom is 0.242 e. The molecule has 1 aromatic heterocycles. The first-order chi connectivity index (χ1) is 15.0. The van der Waals surface area contributed by atoms with Crippen LogP contribution in [-0.4, -0.2) is 60.6 Å². The lowest BCUT2D eigenvalue weighted by molar-refractivity contribution is -0.138. The van der Waals surface area contributed by atoms with Gasteiger partial charge in [-0.3, -0.25) is 14.5 Å². The number of thiazole rings is 1. The number of nitrogens with zero attached hydrogens (tertiary/aromatic N) is 2. The minimum Gasteiger partial charge on any atom is -0.381 e. The maximum atomic E-state index is 13.6. The molecule has 2 aliphatic heterocycles. The maximum absolute atomic E-state index is 13.6. The SMILES string of the molecule is CC(C)C[C@@H]1NC(=O)C2(CCCCOCCCNC1=O)CCN(Cc1nccs1)CC2. The molecule has 0 aliphatic carbocycles. The zero-order valence-corrected chi connectivity index (χ0v) is 19.8. The number of hydrogen-bond acceptors (Lipinski definition) is 6. The Hall–Kier alpha value is -1.51. The van der Waals surface area contributed by atoms with Crippen LogP contribution in [0.2, 0.25) is 0 Å². The molecule has 0 unspecified atom stereocenters. The van der Waals surface area contributed by atoms with Crippen molar-refractivity contribution in [3.63, 3.8) is 0 Å². The molecular weight excluding hydrogens is 412 g/mol. The van der Waals surface area contributed by atoms with Gasteiger partial charge in [-0.05, 0) is 57.5 Å². The second-order valence-electron chi connectivity index (χ2n) is 9.35. The Kier molecular flexibility index (Phi) is 9.29. The van der Waals surface area contributed by atoms with Crippen LogP contribution in [0.4, 0.5) is 0 Å². The molecule has 8 heteroatoms. The summed E-state index contributed by atoms with van der Waals surface area (Å²) in [5, 5.41) is 9.28. The van der Waals surface area contributed by atoms with Crippen LogP contribution < -0.4 is 10.6 Å². The van der Waals surface area contributed by atoms with Crippen molar-refractivity contribution in [3.8, 4) is 0 Å². The van der Waals surface area contributed by atoms with Crippen molar-refractivity contribution in [1.82, 2.24) is 20.5 Å². The van der Waals surface area contributed by atoms with Crippen molar-refractivity contribution in [3.05, 3.63) is 16.6 Å². The molecule has 1 atom stereocenters. The highest BCUT2D eigenvalue weighted by molar-refractivity contribution is 7.09. The lowest BCUT2D eigenvalue weighted by Crippen LogP contribution is -2.55. The van der Waals surface area contributed by atoms with Gasteiger partial charge < -0.3 is 15.4 Å². The van der Waals surface area contributed by atoms with E-state index in [1.54, 1.807) is 11.3 Å². The molecule has 0 bridgehead atoms. The highest BCUT2D eigenvalue weighted by Crippen LogP contribution is 2.38. The number of amides is 2. The molecule has 2 fully saturated rings. The first-order valence-electron chi connectivity index (χ1n) is 11.8. The van der Waals surface area contributed by atoms with Crippen LogP contribution >= 0.6 is 11.3 Å². The fourth-order valence-corrected chi connectivity index (χ4v) is 5.20. The molecule has 2 N–H and O–H groups in total. The summed E-state index contributed by atoms with van der Waals surface area (Å²) in [4.78, 5) is 33.1. The van der Waals surface area contributed by atoms with Crippen LogP contribution in [0.25, 0.3) is 0 Å². The molecule has 31 heavy (non-hydrogen) atoms. The molecule has 3 heterocycles. The van der Waals surface area contributed by atoms with Gasteiger partial charge in [0.15, 0.2) is 0 Å². The standard InChI is InChI=1S/C23H38N4O3S/c1-18(2)16-19-21(28)25-9-5-14-30-13-4-3-6-23(22(29)26-19)7-11-27(12-8-23)17-20-24-10-15-31-20/h10,15,18-19H,3-9,11-14,16-17H2,1-2H3,(H,25,28)(H,26,29)/t19-/m0/s1. The Balaban J connectivity index is 1.69. The number of hydrogen-bond donors (Lipinski definition) is 2. The molecule has 1 spiro atoms. The van der Waals surface area contributed by atoms with Crippen molar-refractivity contribution in [2.75, 3.05) is 32.8 Å². The number of nitrogens with one attached hydrogen (secondary N) is 2. The Morgan fingerprint density at radius 2 is 1.97 bits per heavy atom. The normalized spacial score (nSPS) is 24.5. The summed E-state index contributed by atoms with van der Waals surface area (Å²) < 4.78 is 5.72. The average molecular weight is 451 g/mol. The topological polar surface area (TPSA) is 83.6 Å². The lowest BCUT2D eigenvalue weighted by atomic mass is 9.73. The van der Waals surface area contributed by atoms with E-state index in [2.05, 4.69) is 34.4 Å². The van der Waals surface area contributed by atoms with Crippen LogP contribution in [0.5, 0.6) is 0 Å². The van der Waals surface area contributed by atoms with Gasteiger partial charge in [0, 0.05) is 31.3 Å². The van der Waals surface area contributed by atoms with Crippen LogP contribution in [0.3, 0.4) is 0 Å². The predicted octanol–water partition coefficient (Wildman–Crippen LogP) is 2.96. The van der Waals surface area contributed by atoms with Crippen LogP contribution in [0.15, 0.2) is 11.6 Å². The highest BCUT2D eigenvalue weighted by Gasteiger charge is 2.42. The van der Waals surface area contributed by atoms with E-state index in [0.29, 0.717) is 25.5 Å². The number of aromatic nitrogens is 1. The Labute approximate surface area is 190 Å². The third kappa shape index (κ3) is 7.26. The van der Waals surface area contributed by atoms with Gasteiger partial charge in [-0.1, -0.05) is 20.3 Å².